The fraction of sp³-hybridized carbons (Fsp3) is 0.526. The SMILES string of the molecule is Cc1c(CN2CCCC(C)(CO)C2)c(=O)n(-c2ccccc2)n1C. The Morgan fingerprint density at radius 1 is 1.25 bits per heavy atom. The number of aliphatic hydroxyl groups excluding tert-OH is 1. The van der Waals surface area contributed by atoms with Gasteiger partial charge in [0.2, 0.25) is 0 Å². The summed E-state index contributed by atoms with van der Waals surface area (Å²) in [4.78, 5) is 15.3. The lowest BCUT2D eigenvalue weighted by atomic mass is 9.82. The summed E-state index contributed by atoms with van der Waals surface area (Å²) in [5, 5.41) is 9.64. The summed E-state index contributed by atoms with van der Waals surface area (Å²) in [6, 6.07) is 9.75. The molecule has 0 radical (unpaired) electrons. The Labute approximate surface area is 143 Å². The van der Waals surface area contributed by atoms with Crippen LogP contribution in [0.1, 0.15) is 31.0 Å². The van der Waals surface area contributed by atoms with Crippen LogP contribution in [-0.4, -0.2) is 39.1 Å². The average molecular weight is 329 g/mol. The maximum absolute atomic E-state index is 13.0. The first-order valence-electron chi connectivity index (χ1n) is 8.61. The Morgan fingerprint density at radius 3 is 2.62 bits per heavy atom. The van der Waals surface area contributed by atoms with Crippen molar-refractivity contribution in [3.63, 3.8) is 0 Å². The topological polar surface area (TPSA) is 50.4 Å². The summed E-state index contributed by atoms with van der Waals surface area (Å²) in [6.07, 6.45) is 2.11. The fourth-order valence-electron chi connectivity index (χ4n) is 3.72. The third-order valence-electron chi connectivity index (χ3n) is 5.30. The highest BCUT2D eigenvalue weighted by atomic mass is 16.3. The van der Waals surface area contributed by atoms with Crippen LogP contribution in [0.25, 0.3) is 5.69 Å². The van der Waals surface area contributed by atoms with Crippen molar-refractivity contribution in [1.82, 2.24) is 14.3 Å². The zero-order valence-electron chi connectivity index (χ0n) is 14.8. The Morgan fingerprint density at radius 2 is 1.96 bits per heavy atom. The number of para-hydroxylation sites is 1. The van der Waals surface area contributed by atoms with Gasteiger partial charge in [-0.15, -0.1) is 0 Å². The molecule has 24 heavy (non-hydrogen) atoms. The van der Waals surface area contributed by atoms with Crippen LogP contribution in [0.5, 0.6) is 0 Å². The molecule has 1 unspecified atom stereocenters. The molecule has 130 valence electrons. The minimum atomic E-state index is -0.0562. The molecule has 1 N–H and O–H groups in total. The van der Waals surface area contributed by atoms with Crippen LogP contribution < -0.4 is 5.56 Å². The van der Waals surface area contributed by atoms with E-state index in [1.54, 1.807) is 4.68 Å². The van der Waals surface area contributed by atoms with Gasteiger partial charge in [-0.2, -0.15) is 0 Å². The molecule has 0 saturated carbocycles. The monoisotopic (exact) mass is 329 g/mol. The molecule has 1 fully saturated rings. The van der Waals surface area contributed by atoms with E-state index >= 15 is 0 Å². The van der Waals surface area contributed by atoms with Crippen LogP contribution in [0.3, 0.4) is 0 Å². The van der Waals surface area contributed by atoms with E-state index in [0.29, 0.717) is 6.54 Å². The van der Waals surface area contributed by atoms with Gasteiger partial charge in [-0.3, -0.25) is 14.4 Å². The van der Waals surface area contributed by atoms with Gasteiger partial charge in [0.1, 0.15) is 0 Å². The van der Waals surface area contributed by atoms with E-state index < -0.39 is 0 Å². The first kappa shape index (κ1) is 17.0. The summed E-state index contributed by atoms with van der Waals surface area (Å²) < 4.78 is 3.67. The summed E-state index contributed by atoms with van der Waals surface area (Å²) >= 11 is 0. The number of rotatable bonds is 4. The van der Waals surface area contributed by atoms with Gasteiger partial charge in [0, 0.05) is 37.9 Å². The molecule has 0 spiro atoms. The summed E-state index contributed by atoms with van der Waals surface area (Å²) in [6.45, 7) is 6.79. The normalized spacial score (nSPS) is 22.0. The lowest BCUT2D eigenvalue weighted by Crippen LogP contribution is -2.43. The van der Waals surface area contributed by atoms with Crippen molar-refractivity contribution >= 4 is 0 Å². The van der Waals surface area contributed by atoms with Crippen molar-refractivity contribution in [3.05, 3.63) is 51.9 Å². The summed E-state index contributed by atoms with van der Waals surface area (Å²) in [5.41, 5.74) is 2.73. The van der Waals surface area contributed by atoms with Gasteiger partial charge in [0.15, 0.2) is 0 Å². The third-order valence-corrected chi connectivity index (χ3v) is 5.30. The van der Waals surface area contributed by atoms with Crippen molar-refractivity contribution in [2.75, 3.05) is 19.7 Å². The van der Waals surface area contributed by atoms with Gasteiger partial charge in [0.05, 0.1) is 11.3 Å². The molecule has 0 aliphatic carbocycles. The van der Waals surface area contributed by atoms with Crippen molar-refractivity contribution < 1.29 is 5.11 Å². The van der Waals surface area contributed by atoms with Crippen molar-refractivity contribution in [2.24, 2.45) is 12.5 Å². The van der Waals surface area contributed by atoms with Crippen LogP contribution in [0.4, 0.5) is 0 Å². The van der Waals surface area contributed by atoms with Crippen molar-refractivity contribution in [1.29, 1.82) is 0 Å². The lowest BCUT2D eigenvalue weighted by Gasteiger charge is -2.39. The Kier molecular flexibility index (Phi) is 4.65. The smallest absolute Gasteiger partial charge is 0.276 e. The molecular formula is C19H27N3O2. The van der Waals surface area contributed by atoms with Crippen LogP contribution in [-0.2, 0) is 13.6 Å². The quantitative estimate of drug-likeness (QED) is 0.934. The molecule has 2 heterocycles. The highest BCUT2D eigenvalue weighted by molar-refractivity contribution is 5.33. The highest BCUT2D eigenvalue weighted by Gasteiger charge is 2.31. The van der Waals surface area contributed by atoms with E-state index in [1.807, 2.05) is 49.0 Å². The number of likely N-dealkylation sites (tertiary alicyclic amines) is 1. The Balaban J connectivity index is 1.91. The molecule has 5 heteroatoms. The number of piperidine rings is 1. The van der Waals surface area contributed by atoms with Crippen LogP contribution >= 0.6 is 0 Å². The van der Waals surface area contributed by atoms with E-state index in [4.69, 9.17) is 0 Å². The lowest BCUT2D eigenvalue weighted by molar-refractivity contribution is 0.0427. The van der Waals surface area contributed by atoms with E-state index in [9.17, 15) is 9.90 Å². The average Bonchev–Trinajstić information content (AvgIpc) is 2.79. The Hall–Kier alpha value is -1.85. The van der Waals surface area contributed by atoms with E-state index in [0.717, 1.165) is 42.9 Å². The minimum absolute atomic E-state index is 0.0532. The molecule has 1 aromatic carbocycles. The van der Waals surface area contributed by atoms with E-state index in [1.165, 1.54) is 0 Å². The first-order valence-corrected chi connectivity index (χ1v) is 8.61. The molecule has 1 aliphatic rings. The van der Waals surface area contributed by atoms with Crippen LogP contribution in [0.2, 0.25) is 0 Å². The molecule has 1 aliphatic heterocycles. The predicted octanol–water partition coefficient (Wildman–Crippen LogP) is 2.08. The second kappa shape index (κ2) is 6.57. The van der Waals surface area contributed by atoms with E-state index in [2.05, 4.69) is 11.8 Å². The van der Waals surface area contributed by atoms with Gasteiger partial charge in [0.25, 0.3) is 5.56 Å². The first-order chi connectivity index (χ1) is 11.4. The third kappa shape index (κ3) is 3.06. The highest BCUT2D eigenvalue weighted by Crippen LogP contribution is 2.29. The zero-order valence-corrected chi connectivity index (χ0v) is 14.8. The molecule has 0 bridgehead atoms. The predicted molar refractivity (Wildman–Crippen MR) is 95.5 cm³/mol. The standard InChI is InChI=1S/C19H27N3O2/c1-15-17(12-21-11-7-10-19(2,13-21)14-23)18(24)22(20(15)3)16-8-5-4-6-9-16/h4-6,8-9,23H,7,10-14H2,1-3H3. The number of aromatic nitrogens is 2. The van der Waals surface area contributed by atoms with E-state index in [-0.39, 0.29) is 17.6 Å². The van der Waals surface area contributed by atoms with Gasteiger partial charge in [-0.25, -0.2) is 4.68 Å². The fourth-order valence-corrected chi connectivity index (χ4v) is 3.72. The van der Waals surface area contributed by atoms with Gasteiger partial charge >= 0.3 is 0 Å². The molecule has 1 aromatic heterocycles. The number of hydrogen-bond donors (Lipinski definition) is 1. The largest absolute Gasteiger partial charge is 0.396 e. The van der Waals surface area contributed by atoms with Gasteiger partial charge < -0.3 is 5.11 Å². The van der Waals surface area contributed by atoms with Crippen LogP contribution in [0, 0.1) is 12.3 Å². The molecule has 2 aromatic rings. The maximum Gasteiger partial charge on any atom is 0.276 e. The molecule has 3 rings (SSSR count). The molecule has 5 nitrogen and oxygen atoms in total. The van der Waals surface area contributed by atoms with Crippen molar-refractivity contribution in [3.8, 4) is 5.69 Å². The number of nitrogens with zero attached hydrogens (tertiary/aromatic N) is 3. The van der Waals surface area contributed by atoms with Crippen LogP contribution in [0.15, 0.2) is 35.1 Å². The molecule has 1 atom stereocenters. The molecule has 1 saturated heterocycles. The second-order valence-corrected chi connectivity index (χ2v) is 7.32. The molecule has 0 amide bonds. The minimum Gasteiger partial charge on any atom is -0.396 e. The Bertz CT molecular complexity index is 763. The van der Waals surface area contributed by atoms with Gasteiger partial charge in [-0.1, -0.05) is 25.1 Å². The summed E-state index contributed by atoms with van der Waals surface area (Å²) in [5.74, 6) is 0. The number of aliphatic hydroxyl groups is 1. The van der Waals surface area contributed by atoms with Crippen molar-refractivity contribution in [2.45, 2.75) is 33.2 Å². The summed E-state index contributed by atoms with van der Waals surface area (Å²) in [7, 11) is 1.93. The second-order valence-electron chi connectivity index (χ2n) is 7.32. The number of hydrogen-bond acceptors (Lipinski definition) is 3. The molecular weight excluding hydrogens is 302 g/mol. The van der Waals surface area contributed by atoms with Gasteiger partial charge in [-0.05, 0) is 38.4 Å². The maximum atomic E-state index is 13.0. The number of benzene rings is 1. The zero-order chi connectivity index (χ0) is 17.3.